The highest BCUT2D eigenvalue weighted by Crippen LogP contribution is 2.20. The van der Waals surface area contributed by atoms with Crippen LogP contribution in [0.25, 0.3) is 0 Å². The lowest BCUT2D eigenvalue weighted by molar-refractivity contribution is 0.0953. The van der Waals surface area contributed by atoms with Crippen molar-refractivity contribution in [2.75, 3.05) is 13.1 Å². The first-order valence-electron chi connectivity index (χ1n) is 7.95. The van der Waals surface area contributed by atoms with Gasteiger partial charge in [0, 0.05) is 19.1 Å². The first kappa shape index (κ1) is 16.3. The number of carbonyl (C=O) groups excluding carboxylic acids is 1. The van der Waals surface area contributed by atoms with Crippen molar-refractivity contribution in [1.29, 1.82) is 0 Å². The van der Waals surface area contributed by atoms with E-state index in [0.717, 1.165) is 12.1 Å². The molecule has 1 aliphatic carbocycles. The fraction of sp³-hybridized carbons (Fsp3) is 0.588. The van der Waals surface area contributed by atoms with E-state index in [2.05, 4.69) is 10.6 Å². The van der Waals surface area contributed by atoms with Gasteiger partial charge in [0.15, 0.2) is 0 Å². The summed E-state index contributed by atoms with van der Waals surface area (Å²) in [7, 11) is 0. The molecule has 0 spiro atoms. The molecule has 1 amide bonds. The summed E-state index contributed by atoms with van der Waals surface area (Å²) >= 11 is 6.16. The Balaban J connectivity index is 1.73. The SMILES string of the molecule is Cc1cccc(C(=O)NCCNC2CCCCCC2)c1Cl. The molecular formula is C17H25ClN2O. The number of amides is 1. The van der Waals surface area contributed by atoms with Crippen LogP contribution >= 0.6 is 11.6 Å². The van der Waals surface area contributed by atoms with E-state index in [4.69, 9.17) is 11.6 Å². The van der Waals surface area contributed by atoms with Crippen LogP contribution in [0.5, 0.6) is 0 Å². The van der Waals surface area contributed by atoms with Gasteiger partial charge in [-0.1, -0.05) is 49.4 Å². The summed E-state index contributed by atoms with van der Waals surface area (Å²) in [6, 6.07) is 6.16. The summed E-state index contributed by atoms with van der Waals surface area (Å²) in [5.74, 6) is -0.0913. The minimum atomic E-state index is -0.0913. The highest BCUT2D eigenvalue weighted by atomic mass is 35.5. The predicted molar refractivity (Wildman–Crippen MR) is 88.0 cm³/mol. The molecule has 0 bridgehead atoms. The number of halogens is 1. The number of hydrogen-bond acceptors (Lipinski definition) is 2. The average Bonchev–Trinajstić information content (AvgIpc) is 2.75. The molecule has 0 unspecified atom stereocenters. The van der Waals surface area contributed by atoms with Gasteiger partial charge in [-0.05, 0) is 31.4 Å². The Morgan fingerprint density at radius 1 is 1.19 bits per heavy atom. The van der Waals surface area contributed by atoms with E-state index in [-0.39, 0.29) is 5.91 Å². The molecule has 116 valence electrons. The van der Waals surface area contributed by atoms with Crippen LogP contribution in [0.15, 0.2) is 18.2 Å². The van der Waals surface area contributed by atoms with Gasteiger partial charge in [-0.2, -0.15) is 0 Å². The van der Waals surface area contributed by atoms with Crippen LogP contribution in [-0.2, 0) is 0 Å². The normalized spacial score (nSPS) is 16.5. The summed E-state index contributed by atoms with van der Waals surface area (Å²) in [5.41, 5.74) is 1.49. The van der Waals surface area contributed by atoms with E-state index in [1.54, 1.807) is 6.07 Å². The smallest absolute Gasteiger partial charge is 0.252 e. The standard InChI is InChI=1S/C17H25ClN2O/c1-13-7-6-10-15(16(13)18)17(21)20-12-11-19-14-8-4-2-3-5-9-14/h6-7,10,14,19H,2-5,8-9,11-12H2,1H3,(H,20,21). The highest BCUT2D eigenvalue weighted by Gasteiger charge is 2.13. The largest absolute Gasteiger partial charge is 0.351 e. The predicted octanol–water partition coefficient (Wildman–Crippen LogP) is 3.69. The first-order chi connectivity index (χ1) is 10.2. The second-order valence-electron chi connectivity index (χ2n) is 5.83. The van der Waals surface area contributed by atoms with Gasteiger partial charge in [-0.3, -0.25) is 4.79 Å². The zero-order chi connectivity index (χ0) is 15.1. The average molecular weight is 309 g/mol. The molecule has 1 aliphatic rings. The number of carbonyl (C=O) groups is 1. The zero-order valence-corrected chi connectivity index (χ0v) is 13.5. The van der Waals surface area contributed by atoms with Crippen molar-refractivity contribution < 1.29 is 4.79 Å². The molecule has 1 fully saturated rings. The van der Waals surface area contributed by atoms with E-state index in [1.807, 2.05) is 19.1 Å². The summed E-state index contributed by atoms with van der Waals surface area (Å²) in [6.45, 7) is 3.37. The van der Waals surface area contributed by atoms with Crippen LogP contribution in [0.4, 0.5) is 0 Å². The Bertz CT molecular complexity index is 468. The van der Waals surface area contributed by atoms with E-state index < -0.39 is 0 Å². The van der Waals surface area contributed by atoms with Crippen LogP contribution in [0.3, 0.4) is 0 Å². The van der Waals surface area contributed by atoms with Crippen molar-refractivity contribution >= 4 is 17.5 Å². The lowest BCUT2D eigenvalue weighted by atomic mass is 10.1. The Morgan fingerprint density at radius 3 is 2.62 bits per heavy atom. The van der Waals surface area contributed by atoms with Gasteiger partial charge in [-0.15, -0.1) is 0 Å². The maximum atomic E-state index is 12.1. The molecule has 0 radical (unpaired) electrons. The van der Waals surface area contributed by atoms with Crippen LogP contribution < -0.4 is 10.6 Å². The van der Waals surface area contributed by atoms with Gasteiger partial charge in [0.2, 0.25) is 0 Å². The number of rotatable bonds is 5. The molecule has 3 nitrogen and oxygen atoms in total. The maximum absolute atomic E-state index is 12.1. The Morgan fingerprint density at radius 2 is 1.90 bits per heavy atom. The van der Waals surface area contributed by atoms with Gasteiger partial charge < -0.3 is 10.6 Å². The summed E-state index contributed by atoms with van der Waals surface area (Å²) < 4.78 is 0. The van der Waals surface area contributed by atoms with Crippen molar-refractivity contribution in [1.82, 2.24) is 10.6 Å². The second-order valence-corrected chi connectivity index (χ2v) is 6.21. The second kappa shape index (κ2) is 8.40. The molecule has 0 atom stereocenters. The van der Waals surface area contributed by atoms with Gasteiger partial charge in [0.1, 0.15) is 0 Å². The molecule has 0 heterocycles. The molecule has 0 saturated heterocycles. The fourth-order valence-electron chi connectivity index (χ4n) is 2.85. The third-order valence-corrected chi connectivity index (χ3v) is 4.64. The van der Waals surface area contributed by atoms with Crippen LogP contribution in [-0.4, -0.2) is 25.0 Å². The molecule has 4 heteroatoms. The van der Waals surface area contributed by atoms with Gasteiger partial charge in [0.05, 0.1) is 10.6 Å². The minimum Gasteiger partial charge on any atom is -0.351 e. The van der Waals surface area contributed by atoms with E-state index in [0.29, 0.717) is 23.2 Å². The quantitative estimate of drug-likeness (QED) is 0.643. The molecular weight excluding hydrogens is 284 g/mol. The van der Waals surface area contributed by atoms with E-state index >= 15 is 0 Å². The van der Waals surface area contributed by atoms with Crippen molar-refractivity contribution in [3.8, 4) is 0 Å². The topological polar surface area (TPSA) is 41.1 Å². The highest BCUT2D eigenvalue weighted by molar-refractivity contribution is 6.34. The van der Waals surface area contributed by atoms with Crippen LogP contribution in [0, 0.1) is 6.92 Å². The van der Waals surface area contributed by atoms with Crippen molar-refractivity contribution in [2.45, 2.75) is 51.5 Å². The molecule has 2 N–H and O–H groups in total. The van der Waals surface area contributed by atoms with Gasteiger partial charge >= 0.3 is 0 Å². The third kappa shape index (κ3) is 5.01. The monoisotopic (exact) mass is 308 g/mol. The van der Waals surface area contributed by atoms with E-state index in [1.165, 1.54) is 38.5 Å². The van der Waals surface area contributed by atoms with Gasteiger partial charge in [-0.25, -0.2) is 0 Å². The number of hydrogen-bond donors (Lipinski definition) is 2. The van der Waals surface area contributed by atoms with Crippen LogP contribution in [0.2, 0.25) is 5.02 Å². The molecule has 1 saturated carbocycles. The molecule has 0 aromatic heterocycles. The van der Waals surface area contributed by atoms with Gasteiger partial charge in [0.25, 0.3) is 5.91 Å². The molecule has 0 aliphatic heterocycles. The Labute approximate surface area is 132 Å². The molecule has 1 aromatic carbocycles. The van der Waals surface area contributed by atoms with Crippen molar-refractivity contribution in [2.24, 2.45) is 0 Å². The molecule has 2 rings (SSSR count). The summed E-state index contributed by atoms with van der Waals surface area (Å²) in [5, 5.41) is 7.03. The number of benzene rings is 1. The van der Waals surface area contributed by atoms with Crippen molar-refractivity contribution in [3.05, 3.63) is 34.3 Å². The Kier molecular flexibility index (Phi) is 6.52. The minimum absolute atomic E-state index is 0.0913. The summed E-state index contributed by atoms with van der Waals surface area (Å²) in [6.07, 6.45) is 7.89. The molecule has 21 heavy (non-hydrogen) atoms. The summed E-state index contributed by atoms with van der Waals surface area (Å²) in [4.78, 5) is 12.1. The third-order valence-electron chi connectivity index (χ3n) is 4.14. The Hall–Kier alpha value is -1.06. The van der Waals surface area contributed by atoms with Crippen LogP contribution in [0.1, 0.15) is 54.4 Å². The van der Waals surface area contributed by atoms with E-state index in [9.17, 15) is 4.79 Å². The number of nitrogens with one attached hydrogen (secondary N) is 2. The lowest BCUT2D eigenvalue weighted by Gasteiger charge is -2.16. The fourth-order valence-corrected chi connectivity index (χ4v) is 3.07. The van der Waals surface area contributed by atoms with Crippen molar-refractivity contribution in [3.63, 3.8) is 0 Å². The lowest BCUT2D eigenvalue weighted by Crippen LogP contribution is -2.37. The number of aryl methyl sites for hydroxylation is 1. The maximum Gasteiger partial charge on any atom is 0.252 e. The molecule has 1 aromatic rings. The first-order valence-corrected chi connectivity index (χ1v) is 8.33. The zero-order valence-electron chi connectivity index (χ0n) is 12.8.